The average molecular weight is 1160 g/mol. The van der Waals surface area contributed by atoms with E-state index >= 15 is 0 Å². The van der Waals surface area contributed by atoms with E-state index in [1.54, 1.807) is 69.2 Å². The predicted octanol–water partition coefficient (Wildman–Crippen LogP) is 6.79. The standard InChI is InChI=1S/2C27H50O9.2C2H4O2/c2*1-14(8-11-28)15(2)23(26(33)34)19(6)22(10-13-30)20(7)24(27(35)36)18(5)21(9-12-29)16(3)17(4)25(31)32;2*1-2(3)4/h2*14-24,28-30H,8-13H2,1-7H3,(H,31,32)(H,33,34)(H,35,36);2*1H3,(H,3,4). The molecule has 80 heavy (non-hydrogen) atoms. The van der Waals surface area contributed by atoms with Gasteiger partial charge in [0, 0.05) is 53.5 Å². The second-order valence-corrected chi connectivity index (χ2v) is 23.0. The SMILES string of the molecule is CC(=O)O.CC(=O)O.CC(CCO)C(C)C(C(=O)O)C(C)C(CCO)C(C)C(C(=O)O)C(C)C(CCO)C(C)C(C)C(=O)O.CC(CCO)C(C)C(C(=O)O)C(C)C(CCO)C(C)C(C(=O)O)C(C)C(CCO)C(C)C(C)C(=O)O. The molecular formula is C58H108O22. The molecule has 22 unspecified atom stereocenters. The topological polar surface area (TPSA) is 420 Å². The van der Waals surface area contributed by atoms with Gasteiger partial charge in [0.2, 0.25) is 0 Å². The fourth-order valence-electron chi connectivity index (χ4n) is 12.8. The number of carboxylic acid groups (broad SMARTS) is 8. The third kappa shape index (κ3) is 28.0. The highest BCUT2D eigenvalue weighted by molar-refractivity contribution is 5.73. The Morgan fingerprint density at radius 1 is 0.250 bits per heavy atom. The highest BCUT2D eigenvalue weighted by Gasteiger charge is 2.47. The van der Waals surface area contributed by atoms with E-state index in [2.05, 4.69) is 0 Å². The average Bonchev–Trinajstić information content (AvgIpc) is 3.34. The zero-order chi connectivity index (χ0) is 63.8. The molecule has 0 aliphatic rings. The summed E-state index contributed by atoms with van der Waals surface area (Å²) in [5.41, 5.74) is 0. The van der Waals surface area contributed by atoms with Gasteiger partial charge in [-0.3, -0.25) is 38.4 Å². The van der Waals surface area contributed by atoms with Gasteiger partial charge in [-0.25, -0.2) is 0 Å². The normalized spacial score (nSPS) is 19.7. The number of hydrogen-bond acceptors (Lipinski definition) is 14. The lowest BCUT2D eigenvalue weighted by Crippen LogP contribution is -2.44. The number of carbonyl (C=O) groups is 8. The van der Waals surface area contributed by atoms with Crippen LogP contribution in [0.4, 0.5) is 0 Å². The third-order valence-corrected chi connectivity index (χ3v) is 18.2. The van der Waals surface area contributed by atoms with Crippen molar-refractivity contribution >= 4 is 47.8 Å². The summed E-state index contributed by atoms with van der Waals surface area (Å²) >= 11 is 0. The van der Waals surface area contributed by atoms with Crippen molar-refractivity contribution in [2.45, 2.75) is 149 Å². The summed E-state index contributed by atoms with van der Waals surface area (Å²) < 4.78 is 0. The highest BCUT2D eigenvalue weighted by Crippen LogP contribution is 2.46. The Kier molecular flexibility index (Phi) is 43.4. The van der Waals surface area contributed by atoms with E-state index in [1.165, 1.54) is 0 Å². The Morgan fingerprint density at radius 3 is 0.537 bits per heavy atom. The molecule has 0 aliphatic carbocycles. The number of hydrogen-bond donors (Lipinski definition) is 14. The van der Waals surface area contributed by atoms with Gasteiger partial charge in [0.15, 0.2) is 0 Å². The number of carboxylic acids is 8. The molecule has 0 spiro atoms. The Morgan fingerprint density at radius 2 is 0.400 bits per heavy atom. The van der Waals surface area contributed by atoms with Crippen molar-refractivity contribution in [2.24, 2.45) is 130 Å². The van der Waals surface area contributed by atoms with E-state index < -0.39 is 142 Å². The maximum Gasteiger partial charge on any atom is 0.307 e. The van der Waals surface area contributed by atoms with Crippen molar-refractivity contribution in [3.8, 4) is 0 Å². The van der Waals surface area contributed by atoms with Gasteiger partial charge < -0.3 is 71.5 Å². The molecule has 0 rings (SSSR count). The lowest BCUT2D eigenvalue weighted by atomic mass is 9.61. The lowest BCUT2D eigenvalue weighted by Gasteiger charge is -2.42. The Labute approximate surface area is 475 Å². The van der Waals surface area contributed by atoms with Crippen LogP contribution in [0.2, 0.25) is 0 Å². The predicted molar refractivity (Wildman–Crippen MR) is 299 cm³/mol. The molecule has 472 valence electrons. The van der Waals surface area contributed by atoms with Crippen molar-refractivity contribution in [2.75, 3.05) is 39.6 Å². The zero-order valence-corrected chi connectivity index (χ0v) is 50.7. The lowest BCUT2D eigenvalue weighted by molar-refractivity contribution is -0.154. The molecule has 22 nitrogen and oxygen atoms in total. The fourth-order valence-corrected chi connectivity index (χ4v) is 12.8. The Balaban J connectivity index is -0.000000635. The molecule has 0 saturated heterocycles. The molecule has 14 N–H and O–H groups in total. The molecule has 22 heteroatoms. The van der Waals surface area contributed by atoms with Crippen LogP contribution in [0.1, 0.15) is 149 Å². The first-order chi connectivity index (χ1) is 36.8. The summed E-state index contributed by atoms with van der Waals surface area (Å²) in [6.07, 6.45) is 1.88. The maximum absolute atomic E-state index is 12.6. The van der Waals surface area contributed by atoms with Crippen molar-refractivity contribution in [3.63, 3.8) is 0 Å². The summed E-state index contributed by atoms with van der Waals surface area (Å²) in [7, 11) is 0. The molecule has 0 aliphatic heterocycles. The zero-order valence-electron chi connectivity index (χ0n) is 50.7. The number of aliphatic hydroxyl groups is 6. The monoisotopic (exact) mass is 1160 g/mol. The highest BCUT2D eigenvalue weighted by atomic mass is 16.4. The summed E-state index contributed by atoms with van der Waals surface area (Å²) in [5.74, 6) is -18.7. The van der Waals surface area contributed by atoms with E-state index in [1.807, 2.05) is 27.7 Å². The van der Waals surface area contributed by atoms with Crippen LogP contribution >= 0.6 is 0 Å². The molecule has 0 radical (unpaired) electrons. The van der Waals surface area contributed by atoms with Crippen LogP contribution in [0.25, 0.3) is 0 Å². The second-order valence-electron chi connectivity index (χ2n) is 23.0. The van der Waals surface area contributed by atoms with Crippen LogP contribution in [0, 0.1) is 130 Å². The first-order valence-corrected chi connectivity index (χ1v) is 28.3. The van der Waals surface area contributed by atoms with Gasteiger partial charge in [-0.15, -0.1) is 0 Å². The van der Waals surface area contributed by atoms with Gasteiger partial charge in [0.1, 0.15) is 0 Å². The van der Waals surface area contributed by atoms with Crippen molar-refractivity contribution in [1.29, 1.82) is 0 Å². The molecule has 0 heterocycles. The summed E-state index contributed by atoms with van der Waals surface area (Å²) in [4.78, 5) is 91.1. The van der Waals surface area contributed by atoms with Gasteiger partial charge in [0.05, 0.1) is 35.5 Å². The molecular weight excluding hydrogens is 1050 g/mol. The van der Waals surface area contributed by atoms with E-state index in [9.17, 15) is 90.0 Å². The van der Waals surface area contributed by atoms with Crippen LogP contribution in [0.15, 0.2) is 0 Å². The van der Waals surface area contributed by atoms with Gasteiger partial charge in [0.25, 0.3) is 11.9 Å². The summed E-state index contributed by atoms with van der Waals surface area (Å²) in [5, 5.41) is 132. The third-order valence-electron chi connectivity index (χ3n) is 18.2. The van der Waals surface area contributed by atoms with Gasteiger partial charge >= 0.3 is 35.8 Å². The van der Waals surface area contributed by atoms with Crippen LogP contribution in [0.5, 0.6) is 0 Å². The van der Waals surface area contributed by atoms with E-state index in [0.717, 1.165) is 13.8 Å². The molecule has 0 amide bonds. The van der Waals surface area contributed by atoms with E-state index in [4.69, 9.17) is 19.8 Å². The first-order valence-electron chi connectivity index (χ1n) is 28.3. The van der Waals surface area contributed by atoms with Gasteiger partial charge in [-0.1, -0.05) is 96.9 Å². The minimum Gasteiger partial charge on any atom is -0.481 e. The van der Waals surface area contributed by atoms with Gasteiger partial charge in [-0.2, -0.15) is 0 Å². The minimum atomic E-state index is -1.06. The first kappa shape index (κ1) is 82.0. The summed E-state index contributed by atoms with van der Waals surface area (Å²) in [6.45, 7) is 26.0. The number of aliphatic carboxylic acids is 8. The maximum atomic E-state index is 12.6. The number of rotatable bonds is 38. The molecule has 22 atom stereocenters. The van der Waals surface area contributed by atoms with E-state index in [0.29, 0.717) is 12.8 Å². The minimum absolute atomic E-state index is 0.0551. The van der Waals surface area contributed by atoms with E-state index in [-0.39, 0.29) is 101 Å². The van der Waals surface area contributed by atoms with Crippen LogP contribution < -0.4 is 0 Å². The molecule has 0 saturated carbocycles. The smallest absolute Gasteiger partial charge is 0.307 e. The second kappa shape index (κ2) is 42.4. The number of aliphatic hydroxyl groups excluding tert-OH is 6. The quantitative estimate of drug-likeness (QED) is 0.0302. The fraction of sp³-hybridized carbons (Fsp3) is 0.862. The molecule has 0 aromatic heterocycles. The van der Waals surface area contributed by atoms with Gasteiger partial charge in [-0.05, 0) is 133 Å². The summed E-state index contributed by atoms with van der Waals surface area (Å²) in [6, 6.07) is 0. The largest absolute Gasteiger partial charge is 0.481 e. The molecule has 0 aromatic rings. The van der Waals surface area contributed by atoms with Crippen LogP contribution in [0.3, 0.4) is 0 Å². The Hall–Kier alpha value is -4.48. The molecule has 0 bridgehead atoms. The van der Waals surface area contributed by atoms with Crippen LogP contribution in [-0.4, -0.2) is 159 Å². The Bertz CT molecular complexity index is 1660. The van der Waals surface area contributed by atoms with Crippen molar-refractivity contribution < 1.29 is 110 Å². The molecule has 0 fully saturated rings. The molecule has 0 aromatic carbocycles. The van der Waals surface area contributed by atoms with Crippen molar-refractivity contribution in [3.05, 3.63) is 0 Å². The van der Waals surface area contributed by atoms with Crippen LogP contribution in [-0.2, 0) is 38.4 Å². The van der Waals surface area contributed by atoms with Crippen molar-refractivity contribution in [1.82, 2.24) is 0 Å².